The third kappa shape index (κ3) is 4.57. The number of urea groups is 1. The van der Waals surface area contributed by atoms with Crippen LogP contribution < -0.4 is 10.7 Å². The fourth-order valence-corrected chi connectivity index (χ4v) is 2.70. The monoisotopic (exact) mass is 397 g/mol. The maximum absolute atomic E-state index is 11.9. The number of nitrogens with one attached hydrogen (secondary N) is 2. The molecule has 0 bridgehead atoms. The first-order valence-corrected chi connectivity index (χ1v) is 8.60. The van der Waals surface area contributed by atoms with Crippen molar-refractivity contribution in [3.63, 3.8) is 0 Å². The van der Waals surface area contributed by atoms with Crippen LogP contribution in [0.2, 0.25) is 5.02 Å². The Labute approximate surface area is 165 Å². The number of rotatable bonds is 5. The minimum absolute atomic E-state index is 0.0163. The lowest BCUT2D eigenvalue weighted by molar-refractivity contribution is 0.0697. The van der Waals surface area contributed by atoms with Crippen LogP contribution in [-0.4, -0.2) is 23.3 Å². The van der Waals surface area contributed by atoms with E-state index in [4.69, 9.17) is 21.1 Å². The topological polar surface area (TPSA) is 104 Å². The molecule has 0 saturated carbocycles. The number of carboxylic acids is 1. The SMILES string of the molecule is Cc1ccccc1NC(=O)NN=Cc1ccc(-c2ccc(C(=O)O)c(Cl)c2)o1. The summed E-state index contributed by atoms with van der Waals surface area (Å²) < 4.78 is 5.62. The van der Waals surface area contributed by atoms with Crippen molar-refractivity contribution in [2.45, 2.75) is 6.92 Å². The molecule has 0 unspecified atom stereocenters. The van der Waals surface area contributed by atoms with Gasteiger partial charge in [-0.3, -0.25) is 0 Å². The fraction of sp³-hybridized carbons (Fsp3) is 0.0500. The van der Waals surface area contributed by atoms with Crippen molar-refractivity contribution in [1.82, 2.24) is 5.43 Å². The highest BCUT2D eigenvalue weighted by molar-refractivity contribution is 6.33. The van der Waals surface area contributed by atoms with E-state index in [9.17, 15) is 9.59 Å². The minimum atomic E-state index is -1.10. The van der Waals surface area contributed by atoms with Crippen molar-refractivity contribution in [1.29, 1.82) is 0 Å². The lowest BCUT2D eigenvalue weighted by Crippen LogP contribution is -2.24. The fourth-order valence-electron chi connectivity index (χ4n) is 2.44. The third-order valence-corrected chi connectivity index (χ3v) is 4.17. The Bertz CT molecular complexity index is 1060. The molecule has 2 amide bonds. The molecular formula is C20H16ClN3O4. The van der Waals surface area contributed by atoms with Crippen LogP contribution in [0.5, 0.6) is 0 Å². The molecule has 0 spiro atoms. The second-order valence-electron chi connectivity index (χ2n) is 5.84. The summed E-state index contributed by atoms with van der Waals surface area (Å²) in [6, 6.07) is 14.8. The summed E-state index contributed by atoms with van der Waals surface area (Å²) in [5.41, 5.74) is 4.63. The largest absolute Gasteiger partial charge is 0.478 e. The molecule has 3 aromatic rings. The molecular weight excluding hydrogens is 382 g/mol. The Kier molecular flexibility index (Phi) is 5.76. The van der Waals surface area contributed by atoms with Crippen molar-refractivity contribution in [2.75, 3.05) is 5.32 Å². The number of nitrogens with zero attached hydrogens (tertiary/aromatic N) is 1. The van der Waals surface area contributed by atoms with Crippen LogP contribution in [0, 0.1) is 6.92 Å². The molecule has 0 atom stereocenters. The van der Waals surface area contributed by atoms with Gasteiger partial charge in [0, 0.05) is 11.3 Å². The van der Waals surface area contributed by atoms with Crippen molar-refractivity contribution in [3.8, 4) is 11.3 Å². The van der Waals surface area contributed by atoms with Gasteiger partial charge in [0.15, 0.2) is 0 Å². The van der Waals surface area contributed by atoms with Crippen molar-refractivity contribution < 1.29 is 19.1 Å². The molecule has 28 heavy (non-hydrogen) atoms. The minimum Gasteiger partial charge on any atom is -0.478 e. The number of carbonyl (C=O) groups excluding carboxylic acids is 1. The molecule has 1 aromatic heterocycles. The van der Waals surface area contributed by atoms with E-state index >= 15 is 0 Å². The van der Waals surface area contributed by atoms with Crippen LogP contribution in [0.15, 0.2) is 64.1 Å². The highest BCUT2D eigenvalue weighted by Gasteiger charge is 2.11. The van der Waals surface area contributed by atoms with Crippen molar-refractivity contribution in [3.05, 3.63) is 76.5 Å². The smallest absolute Gasteiger partial charge is 0.339 e. The molecule has 1 heterocycles. The van der Waals surface area contributed by atoms with E-state index in [-0.39, 0.29) is 10.6 Å². The van der Waals surface area contributed by atoms with E-state index in [1.165, 1.54) is 18.3 Å². The molecule has 0 aliphatic rings. The second kappa shape index (κ2) is 8.41. The van der Waals surface area contributed by atoms with Crippen molar-refractivity contribution >= 4 is 35.5 Å². The predicted molar refractivity (Wildman–Crippen MR) is 107 cm³/mol. The summed E-state index contributed by atoms with van der Waals surface area (Å²) >= 11 is 5.97. The average Bonchev–Trinajstić information content (AvgIpc) is 3.12. The standard InChI is InChI=1S/C20H16ClN3O4/c1-12-4-2-3-5-17(12)23-20(27)24-22-11-14-7-9-18(28-14)13-6-8-15(19(25)26)16(21)10-13/h2-11H,1H3,(H,25,26)(H2,23,24,27). The molecule has 3 N–H and O–H groups in total. The van der Waals surface area contributed by atoms with E-state index in [0.717, 1.165) is 5.56 Å². The lowest BCUT2D eigenvalue weighted by Gasteiger charge is -2.06. The van der Waals surface area contributed by atoms with Gasteiger partial charge in [-0.2, -0.15) is 5.10 Å². The number of amides is 2. The first-order chi connectivity index (χ1) is 13.4. The second-order valence-corrected chi connectivity index (χ2v) is 6.25. The Morgan fingerprint density at radius 3 is 2.64 bits per heavy atom. The molecule has 2 aromatic carbocycles. The van der Waals surface area contributed by atoms with Gasteiger partial charge < -0.3 is 14.8 Å². The number of aromatic carboxylic acids is 1. The van der Waals surface area contributed by atoms with Crippen LogP contribution in [0.25, 0.3) is 11.3 Å². The number of aryl methyl sites for hydroxylation is 1. The van der Waals surface area contributed by atoms with Gasteiger partial charge in [-0.05, 0) is 42.8 Å². The molecule has 7 nitrogen and oxygen atoms in total. The zero-order valence-electron chi connectivity index (χ0n) is 14.8. The lowest BCUT2D eigenvalue weighted by atomic mass is 10.1. The van der Waals surface area contributed by atoms with Gasteiger partial charge in [-0.15, -0.1) is 0 Å². The highest BCUT2D eigenvalue weighted by Crippen LogP contribution is 2.27. The van der Waals surface area contributed by atoms with Crippen LogP contribution in [-0.2, 0) is 0 Å². The number of hydrogen-bond donors (Lipinski definition) is 3. The van der Waals surface area contributed by atoms with Gasteiger partial charge in [0.1, 0.15) is 11.5 Å². The number of para-hydroxylation sites is 1. The average molecular weight is 398 g/mol. The zero-order valence-corrected chi connectivity index (χ0v) is 15.5. The van der Waals surface area contributed by atoms with Gasteiger partial charge in [-0.1, -0.05) is 35.9 Å². The number of carboxylic acid groups (broad SMARTS) is 1. The van der Waals surface area contributed by atoms with Crippen molar-refractivity contribution in [2.24, 2.45) is 5.10 Å². The molecule has 8 heteroatoms. The van der Waals surface area contributed by atoms with E-state index in [1.54, 1.807) is 24.3 Å². The summed E-state index contributed by atoms with van der Waals surface area (Å²) in [6.07, 6.45) is 1.36. The number of hydrazone groups is 1. The molecule has 0 fully saturated rings. The Balaban J connectivity index is 1.63. The maximum Gasteiger partial charge on any atom is 0.339 e. The molecule has 0 aliphatic carbocycles. The van der Waals surface area contributed by atoms with Gasteiger partial charge in [-0.25, -0.2) is 15.0 Å². The summed E-state index contributed by atoms with van der Waals surface area (Å²) in [5.74, 6) is -0.201. The zero-order chi connectivity index (χ0) is 20.1. The normalized spacial score (nSPS) is 10.8. The van der Waals surface area contributed by atoms with Crippen LogP contribution >= 0.6 is 11.6 Å². The van der Waals surface area contributed by atoms with Crippen LogP contribution in [0.3, 0.4) is 0 Å². The van der Waals surface area contributed by atoms with Gasteiger partial charge in [0.05, 0.1) is 16.8 Å². The highest BCUT2D eigenvalue weighted by atomic mass is 35.5. The predicted octanol–water partition coefficient (Wildman–Crippen LogP) is 4.76. The first-order valence-electron chi connectivity index (χ1n) is 8.23. The molecule has 3 rings (SSSR count). The summed E-state index contributed by atoms with van der Waals surface area (Å²) in [7, 11) is 0. The summed E-state index contributed by atoms with van der Waals surface area (Å²) in [4.78, 5) is 22.9. The Hall–Kier alpha value is -3.58. The molecule has 0 saturated heterocycles. The molecule has 0 aliphatic heterocycles. The van der Waals surface area contributed by atoms with Gasteiger partial charge in [0.25, 0.3) is 0 Å². The quantitative estimate of drug-likeness (QED) is 0.426. The van der Waals surface area contributed by atoms with Crippen LogP contribution in [0.1, 0.15) is 21.7 Å². The van der Waals surface area contributed by atoms with E-state index in [1.807, 2.05) is 25.1 Å². The number of anilines is 1. The maximum atomic E-state index is 11.9. The third-order valence-electron chi connectivity index (χ3n) is 3.86. The number of furan rings is 1. The number of halogens is 1. The number of benzene rings is 2. The van der Waals surface area contributed by atoms with Gasteiger partial charge in [0.2, 0.25) is 0 Å². The van der Waals surface area contributed by atoms with E-state index in [0.29, 0.717) is 22.8 Å². The summed E-state index contributed by atoms with van der Waals surface area (Å²) in [5, 5.41) is 15.7. The molecule has 142 valence electrons. The Morgan fingerprint density at radius 2 is 1.93 bits per heavy atom. The Morgan fingerprint density at radius 1 is 1.14 bits per heavy atom. The van der Waals surface area contributed by atoms with Crippen LogP contribution in [0.4, 0.5) is 10.5 Å². The van der Waals surface area contributed by atoms with E-state index in [2.05, 4.69) is 15.8 Å². The number of hydrogen-bond acceptors (Lipinski definition) is 4. The van der Waals surface area contributed by atoms with E-state index < -0.39 is 12.0 Å². The van der Waals surface area contributed by atoms with Gasteiger partial charge >= 0.3 is 12.0 Å². The first kappa shape index (κ1) is 19.2. The molecule has 0 radical (unpaired) electrons. The number of carbonyl (C=O) groups is 2. The summed E-state index contributed by atoms with van der Waals surface area (Å²) in [6.45, 7) is 1.89.